The molecule has 0 saturated heterocycles. The van der Waals surface area contributed by atoms with Gasteiger partial charge < -0.3 is 5.73 Å². The van der Waals surface area contributed by atoms with Crippen molar-refractivity contribution in [3.63, 3.8) is 0 Å². The molecule has 1 aromatic heterocycles. The van der Waals surface area contributed by atoms with Crippen LogP contribution < -0.4 is 5.73 Å². The normalized spacial score (nSPS) is 21.7. The Kier molecular flexibility index (Phi) is 2.12. The quantitative estimate of drug-likeness (QED) is 0.710. The zero-order chi connectivity index (χ0) is 9.31. The van der Waals surface area contributed by atoms with Gasteiger partial charge in [-0.15, -0.1) is 0 Å². The second kappa shape index (κ2) is 3.14. The molecule has 1 heterocycles. The van der Waals surface area contributed by atoms with E-state index >= 15 is 0 Å². The molecular formula is C10H17N3. The van der Waals surface area contributed by atoms with Crippen LogP contribution in [0.4, 0.5) is 0 Å². The van der Waals surface area contributed by atoms with Crippen LogP contribution in [0.2, 0.25) is 0 Å². The Balaban J connectivity index is 2.27. The van der Waals surface area contributed by atoms with Crippen LogP contribution >= 0.6 is 0 Å². The molecule has 1 aliphatic rings. The number of aryl methyl sites for hydroxylation is 1. The van der Waals surface area contributed by atoms with Gasteiger partial charge in [-0.1, -0.05) is 19.3 Å². The van der Waals surface area contributed by atoms with Crippen LogP contribution in [0.25, 0.3) is 0 Å². The van der Waals surface area contributed by atoms with E-state index in [0.717, 1.165) is 12.8 Å². The van der Waals surface area contributed by atoms with Crippen molar-refractivity contribution in [2.24, 2.45) is 12.8 Å². The number of rotatable bonds is 1. The lowest BCUT2D eigenvalue weighted by Gasteiger charge is -2.33. The Morgan fingerprint density at radius 2 is 2.08 bits per heavy atom. The van der Waals surface area contributed by atoms with Gasteiger partial charge in [-0.3, -0.25) is 4.68 Å². The van der Waals surface area contributed by atoms with Gasteiger partial charge >= 0.3 is 0 Å². The summed E-state index contributed by atoms with van der Waals surface area (Å²) in [4.78, 5) is 0. The summed E-state index contributed by atoms with van der Waals surface area (Å²) < 4.78 is 1.91. The molecule has 0 spiro atoms. The molecule has 0 bridgehead atoms. The minimum Gasteiger partial charge on any atom is -0.320 e. The molecule has 1 fully saturated rings. The van der Waals surface area contributed by atoms with E-state index in [-0.39, 0.29) is 5.54 Å². The molecule has 0 radical (unpaired) electrons. The maximum Gasteiger partial charge on any atom is 0.0580 e. The molecular weight excluding hydrogens is 162 g/mol. The van der Waals surface area contributed by atoms with Crippen LogP contribution in [0.1, 0.15) is 37.8 Å². The third-order valence-electron chi connectivity index (χ3n) is 3.08. The van der Waals surface area contributed by atoms with E-state index in [1.54, 1.807) is 0 Å². The molecule has 3 nitrogen and oxygen atoms in total. The summed E-state index contributed by atoms with van der Waals surface area (Å²) in [5.74, 6) is 0. The Morgan fingerprint density at radius 3 is 2.62 bits per heavy atom. The van der Waals surface area contributed by atoms with E-state index in [1.165, 1.54) is 25.0 Å². The van der Waals surface area contributed by atoms with Crippen molar-refractivity contribution in [2.75, 3.05) is 0 Å². The van der Waals surface area contributed by atoms with Gasteiger partial charge in [-0.2, -0.15) is 5.10 Å². The molecule has 13 heavy (non-hydrogen) atoms. The minimum absolute atomic E-state index is 0.108. The molecule has 72 valence electrons. The molecule has 1 aliphatic carbocycles. The van der Waals surface area contributed by atoms with Gasteiger partial charge in [0, 0.05) is 13.2 Å². The average molecular weight is 179 g/mol. The van der Waals surface area contributed by atoms with E-state index in [1.807, 2.05) is 24.0 Å². The zero-order valence-electron chi connectivity index (χ0n) is 8.16. The van der Waals surface area contributed by atoms with Crippen LogP contribution in [0.3, 0.4) is 0 Å². The number of nitrogens with two attached hydrogens (primary N) is 1. The SMILES string of the molecule is Cn1nccc1C1(N)CCCCC1. The van der Waals surface area contributed by atoms with Crippen molar-refractivity contribution in [2.45, 2.75) is 37.6 Å². The summed E-state index contributed by atoms with van der Waals surface area (Å²) in [5.41, 5.74) is 7.44. The van der Waals surface area contributed by atoms with Crippen LogP contribution in [0.5, 0.6) is 0 Å². The van der Waals surface area contributed by atoms with Crippen LogP contribution in [-0.2, 0) is 12.6 Å². The topological polar surface area (TPSA) is 43.8 Å². The summed E-state index contributed by atoms with van der Waals surface area (Å²) in [7, 11) is 1.97. The van der Waals surface area contributed by atoms with Gasteiger partial charge in [0.25, 0.3) is 0 Å². The Bertz CT molecular complexity index is 284. The first-order chi connectivity index (χ1) is 6.22. The van der Waals surface area contributed by atoms with Crippen molar-refractivity contribution in [1.82, 2.24) is 9.78 Å². The van der Waals surface area contributed by atoms with Gasteiger partial charge in [0.05, 0.1) is 11.2 Å². The first-order valence-electron chi connectivity index (χ1n) is 5.00. The minimum atomic E-state index is -0.108. The molecule has 0 atom stereocenters. The smallest absolute Gasteiger partial charge is 0.0580 e. The maximum absolute atomic E-state index is 6.36. The fourth-order valence-corrected chi connectivity index (χ4v) is 2.30. The van der Waals surface area contributed by atoms with E-state index < -0.39 is 0 Å². The van der Waals surface area contributed by atoms with Gasteiger partial charge in [0.2, 0.25) is 0 Å². The van der Waals surface area contributed by atoms with E-state index in [0.29, 0.717) is 0 Å². The molecule has 0 aliphatic heterocycles. The predicted octanol–water partition coefficient (Wildman–Crippen LogP) is 1.54. The highest BCUT2D eigenvalue weighted by atomic mass is 15.3. The fraction of sp³-hybridized carbons (Fsp3) is 0.700. The van der Waals surface area contributed by atoms with Crippen molar-refractivity contribution in [1.29, 1.82) is 0 Å². The molecule has 0 amide bonds. The molecule has 1 saturated carbocycles. The monoisotopic (exact) mass is 179 g/mol. The van der Waals surface area contributed by atoms with Gasteiger partial charge in [-0.25, -0.2) is 0 Å². The van der Waals surface area contributed by atoms with E-state index in [9.17, 15) is 0 Å². The Labute approximate surface area is 78.9 Å². The largest absolute Gasteiger partial charge is 0.320 e. The molecule has 2 rings (SSSR count). The van der Waals surface area contributed by atoms with Crippen molar-refractivity contribution in [3.8, 4) is 0 Å². The Hall–Kier alpha value is -0.830. The van der Waals surface area contributed by atoms with Gasteiger partial charge in [0.15, 0.2) is 0 Å². The number of hydrogen-bond acceptors (Lipinski definition) is 2. The number of hydrogen-bond donors (Lipinski definition) is 1. The highest BCUT2D eigenvalue weighted by molar-refractivity contribution is 5.14. The van der Waals surface area contributed by atoms with Crippen molar-refractivity contribution >= 4 is 0 Å². The number of nitrogens with zero attached hydrogens (tertiary/aromatic N) is 2. The zero-order valence-corrected chi connectivity index (χ0v) is 8.16. The second-order valence-electron chi connectivity index (χ2n) is 4.06. The molecule has 3 heteroatoms. The van der Waals surface area contributed by atoms with Crippen LogP contribution in [-0.4, -0.2) is 9.78 Å². The van der Waals surface area contributed by atoms with Gasteiger partial charge in [0.1, 0.15) is 0 Å². The second-order valence-corrected chi connectivity index (χ2v) is 4.06. The summed E-state index contributed by atoms with van der Waals surface area (Å²) in [6, 6.07) is 2.05. The molecule has 0 aromatic carbocycles. The average Bonchev–Trinajstić information content (AvgIpc) is 2.53. The predicted molar refractivity (Wildman–Crippen MR) is 52.2 cm³/mol. The van der Waals surface area contributed by atoms with Crippen LogP contribution in [0, 0.1) is 0 Å². The highest BCUT2D eigenvalue weighted by Gasteiger charge is 2.31. The van der Waals surface area contributed by atoms with Crippen LogP contribution in [0.15, 0.2) is 12.3 Å². The lowest BCUT2D eigenvalue weighted by molar-refractivity contribution is 0.285. The third kappa shape index (κ3) is 1.48. The van der Waals surface area contributed by atoms with Crippen molar-refractivity contribution in [3.05, 3.63) is 18.0 Å². The summed E-state index contributed by atoms with van der Waals surface area (Å²) in [6.07, 6.45) is 7.87. The Morgan fingerprint density at radius 1 is 1.38 bits per heavy atom. The number of aromatic nitrogens is 2. The first kappa shape index (κ1) is 8.75. The third-order valence-corrected chi connectivity index (χ3v) is 3.08. The molecule has 0 unspecified atom stereocenters. The lowest BCUT2D eigenvalue weighted by Crippen LogP contribution is -2.40. The molecule has 1 aromatic rings. The highest BCUT2D eigenvalue weighted by Crippen LogP contribution is 2.33. The lowest BCUT2D eigenvalue weighted by atomic mass is 9.80. The summed E-state index contributed by atoms with van der Waals surface area (Å²) in [6.45, 7) is 0. The standard InChI is InChI=1S/C10H17N3/c1-13-9(5-8-12-13)10(11)6-3-2-4-7-10/h5,8H,2-4,6-7,11H2,1H3. The summed E-state index contributed by atoms with van der Waals surface area (Å²) >= 11 is 0. The summed E-state index contributed by atoms with van der Waals surface area (Å²) in [5, 5.41) is 4.17. The van der Waals surface area contributed by atoms with Gasteiger partial charge in [-0.05, 0) is 18.9 Å². The van der Waals surface area contributed by atoms with E-state index in [4.69, 9.17) is 5.73 Å². The first-order valence-corrected chi connectivity index (χ1v) is 5.00. The molecule has 2 N–H and O–H groups in total. The maximum atomic E-state index is 6.36. The van der Waals surface area contributed by atoms with Crippen molar-refractivity contribution < 1.29 is 0 Å². The fourth-order valence-electron chi connectivity index (χ4n) is 2.30. The van der Waals surface area contributed by atoms with E-state index in [2.05, 4.69) is 5.10 Å².